The van der Waals surface area contributed by atoms with Crippen LogP contribution in [0.5, 0.6) is 11.6 Å². The molecule has 1 amide bonds. The average molecular weight is 298 g/mol. The maximum Gasteiger partial charge on any atom is 0.256 e. The van der Waals surface area contributed by atoms with Crippen LogP contribution in [0.1, 0.15) is 24.0 Å². The Morgan fingerprint density at radius 3 is 2.59 bits per heavy atom. The molecule has 5 nitrogen and oxygen atoms in total. The molecule has 1 aromatic heterocycles. The van der Waals surface area contributed by atoms with Gasteiger partial charge in [-0.3, -0.25) is 4.79 Å². The van der Waals surface area contributed by atoms with Gasteiger partial charge in [0.05, 0.1) is 11.9 Å². The van der Waals surface area contributed by atoms with Crippen LogP contribution in [0.2, 0.25) is 0 Å². The van der Waals surface area contributed by atoms with Crippen LogP contribution >= 0.6 is 0 Å². The Bertz CT molecular complexity index is 706. The van der Waals surface area contributed by atoms with Crippen molar-refractivity contribution in [2.75, 3.05) is 5.32 Å². The minimum atomic E-state index is -1.19. The maximum atomic E-state index is 11.7. The van der Waals surface area contributed by atoms with Crippen molar-refractivity contribution >= 4 is 11.6 Å². The summed E-state index contributed by atoms with van der Waals surface area (Å²) in [7, 11) is 0. The van der Waals surface area contributed by atoms with Gasteiger partial charge in [0, 0.05) is 6.07 Å². The number of hydrogen-bond donors (Lipinski definition) is 2. The van der Waals surface area contributed by atoms with Crippen molar-refractivity contribution in [3.63, 3.8) is 0 Å². The van der Waals surface area contributed by atoms with Crippen molar-refractivity contribution in [1.82, 2.24) is 4.98 Å². The molecule has 0 unspecified atom stereocenters. The summed E-state index contributed by atoms with van der Waals surface area (Å²) in [5.74, 6) is 0.795. The van der Waals surface area contributed by atoms with E-state index < -0.39 is 5.60 Å². The van der Waals surface area contributed by atoms with Crippen LogP contribution in [0, 0.1) is 13.8 Å². The lowest BCUT2D eigenvalue weighted by Gasteiger charge is -2.10. The summed E-state index contributed by atoms with van der Waals surface area (Å²) >= 11 is 0. The molecule has 3 rings (SSSR count). The van der Waals surface area contributed by atoms with Crippen molar-refractivity contribution in [3.8, 4) is 11.6 Å². The predicted octanol–water partition coefficient (Wildman–Crippen LogP) is 2.95. The molecule has 0 bridgehead atoms. The number of nitrogens with one attached hydrogen (secondary N) is 1. The minimum absolute atomic E-state index is 0.378. The minimum Gasteiger partial charge on any atom is -0.439 e. The largest absolute Gasteiger partial charge is 0.439 e. The number of amides is 1. The summed E-state index contributed by atoms with van der Waals surface area (Å²) < 4.78 is 5.68. The Kier molecular flexibility index (Phi) is 3.58. The SMILES string of the molecule is Cc1ccc(Oc2ccc(NC(=O)C3(O)CC3)cn2)cc1C. The van der Waals surface area contributed by atoms with Gasteiger partial charge in [-0.2, -0.15) is 0 Å². The van der Waals surface area contributed by atoms with E-state index in [1.165, 1.54) is 11.8 Å². The van der Waals surface area contributed by atoms with Gasteiger partial charge in [0.1, 0.15) is 11.4 Å². The number of pyridine rings is 1. The summed E-state index contributed by atoms with van der Waals surface area (Å²) in [5.41, 5.74) is 1.71. The summed E-state index contributed by atoms with van der Waals surface area (Å²) in [5, 5.41) is 12.3. The Labute approximate surface area is 129 Å². The molecule has 1 saturated carbocycles. The molecule has 1 heterocycles. The van der Waals surface area contributed by atoms with Crippen molar-refractivity contribution in [3.05, 3.63) is 47.7 Å². The van der Waals surface area contributed by atoms with E-state index >= 15 is 0 Å². The fraction of sp³-hybridized carbons (Fsp3) is 0.294. The lowest BCUT2D eigenvalue weighted by atomic mass is 10.1. The molecule has 1 aliphatic carbocycles. The van der Waals surface area contributed by atoms with Crippen molar-refractivity contribution in [2.45, 2.75) is 32.3 Å². The summed E-state index contributed by atoms with van der Waals surface area (Å²) in [6.07, 6.45) is 2.54. The maximum absolute atomic E-state index is 11.7. The molecule has 0 saturated heterocycles. The standard InChI is InChI=1S/C17H18N2O3/c1-11-3-5-14(9-12(11)2)22-15-6-4-13(10-18-15)19-16(20)17(21)7-8-17/h3-6,9-10,21H,7-8H2,1-2H3,(H,19,20). The molecule has 114 valence electrons. The number of carbonyl (C=O) groups is 1. The zero-order valence-electron chi connectivity index (χ0n) is 12.6. The number of anilines is 1. The second-order valence-corrected chi connectivity index (χ2v) is 5.72. The van der Waals surface area contributed by atoms with Gasteiger partial charge in [-0.05, 0) is 56.0 Å². The third-order valence-corrected chi connectivity index (χ3v) is 3.84. The second kappa shape index (κ2) is 5.42. The van der Waals surface area contributed by atoms with Crippen LogP contribution in [-0.2, 0) is 4.79 Å². The zero-order chi connectivity index (χ0) is 15.7. The monoisotopic (exact) mass is 298 g/mol. The first-order chi connectivity index (χ1) is 10.5. The number of carbonyl (C=O) groups excluding carboxylic acids is 1. The normalized spacial score (nSPS) is 15.2. The molecule has 0 spiro atoms. The number of aliphatic hydroxyl groups is 1. The summed E-state index contributed by atoms with van der Waals surface area (Å²) in [6, 6.07) is 9.22. The van der Waals surface area contributed by atoms with Crippen LogP contribution in [0.15, 0.2) is 36.5 Å². The molecular weight excluding hydrogens is 280 g/mol. The van der Waals surface area contributed by atoms with E-state index in [-0.39, 0.29) is 5.91 Å². The molecule has 22 heavy (non-hydrogen) atoms. The van der Waals surface area contributed by atoms with E-state index in [1.54, 1.807) is 12.1 Å². The van der Waals surface area contributed by atoms with Gasteiger partial charge in [-0.1, -0.05) is 6.07 Å². The van der Waals surface area contributed by atoms with Gasteiger partial charge in [-0.25, -0.2) is 4.98 Å². The number of ether oxygens (including phenoxy) is 1. The molecule has 0 atom stereocenters. The van der Waals surface area contributed by atoms with E-state index in [0.29, 0.717) is 24.4 Å². The summed E-state index contributed by atoms with van der Waals surface area (Å²) in [4.78, 5) is 15.9. The van der Waals surface area contributed by atoms with E-state index in [2.05, 4.69) is 10.3 Å². The average Bonchev–Trinajstić information content (AvgIpc) is 3.24. The Hall–Kier alpha value is -2.40. The topological polar surface area (TPSA) is 71.5 Å². The third kappa shape index (κ3) is 3.09. The molecule has 0 radical (unpaired) electrons. The van der Waals surface area contributed by atoms with Gasteiger partial charge in [0.25, 0.3) is 5.91 Å². The van der Waals surface area contributed by atoms with Gasteiger partial charge in [0.15, 0.2) is 0 Å². The van der Waals surface area contributed by atoms with Crippen molar-refractivity contribution in [1.29, 1.82) is 0 Å². The first-order valence-electron chi connectivity index (χ1n) is 7.21. The number of hydrogen-bond acceptors (Lipinski definition) is 4. The highest BCUT2D eigenvalue weighted by Crippen LogP contribution is 2.36. The highest BCUT2D eigenvalue weighted by atomic mass is 16.5. The van der Waals surface area contributed by atoms with Crippen LogP contribution in [0.25, 0.3) is 0 Å². The zero-order valence-corrected chi connectivity index (χ0v) is 12.6. The Morgan fingerprint density at radius 1 is 1.23 bits per heavy atom. The Morgan fingerprint density at radius 2 is 2.00 bits per heavy atom. The quantitative estimate of drug-likeness (QED) is 0.910. The first-order valence-corrected chi connectivity index (χ1v) is 7.21. The number of aryl methyl sites for hydroxylation is 2. The van der Waals surface area contributed by atoms with Crippen LogP contribution in [0.4, 0.5) is 5.69 Å². The second-order valence-electron chi connectivity index (χ2n) is 5.72. The highest BCUT2D eigenvalue weighted by Gasteiger charge is 2.48. The first kappa shape index (κ1) is 14.5. The molecule has 1 aromatic carbocycles. The molecule has 5 heteroatoms. The number of nitrogens with zero attached hydrogens (tertiary/aromatic N) is 1. The smallest absolute Gasteiger partial charge is 0.256 e. The lowest BCUT2D eigenvalue weighted by Crippen LogP contribution is -2.29. The van der Waals surface area contributed by atoms with Gasteiger partial charge < -0.3 is 15.2 Å². The van der Waals surface area contributed by atoms with E-state index in [0.717, 1.165) is 11.3 Å². The van der Waals surface area contributed by atoms with E-state index in [1.807, 2.05) is 32.0 Å². The number of aromatic nitrogens is 1. The fourth-order valence-corrected chi connectivity index (χ4v) is 2.01. The van der Waals surface area contributed by atoms with Crippen LogP contribution < -0.4 is 10.1 Å². The Balaban J connectivity index is 1.66. The lowest BCUT2D eigenvalue weighted by molar-refractivity contribution is -0.125. The van der Waals surface area contributed by atoms with Gasteiger partial charge in [-0.15, -0.1) is 0 Å². The molecule has 1 aliphatic rings. The fourth-order valence-electron chi connectivity index (χ4n) is 2.01. The van der Waals surface area contributed by atoms with Crippen LogP contribution in [0.3, 0.4) is 0 Å². The third-order valence-electron chi connectivity index (χ3n) is 3.84. The van der Waals surface area contributed by atoms with Crippen molar-refractivity contribution in [2.24, 2.45) is 0 Å². The molecule has 1 fully saturated rings. The number of rotatable bonds is 4. The number of benzene rings is 1. The molecule has 2 aromatic rings. The molecule has 0 aliphatic heterocycles. The highest BCUT2D eigenvalue weighted by molar-refractivity contribution is 5.98. The summed E-state index contributed by atoms with van der Waals surface area (Å²) in [6.45, 7) is 4.07. The predicted molar refractivity (Wildman–Crippen MR) is 83.0 cm³/mol. The van der Waals surface area contributed by atoms with Crippen LogP contribution in [-0.4, -0.2) is 21.6 Å². The van der Waals surface area contributed by atoms with Crippen molar-refractivity contribution < 1.29 is 14.6 Å². The van der Waals surface area contributed by atoms with Gasteiger partial charge in [0.2, 0.25) is 5.88 Å². The molecular formula is C17H18N2O3. The van der Waals surface area contributed by atoms with Gasteiger partial charge >= 0.3 is 0 Å². The van der Waals surface area contributed by atoms with E-state index in [4.69, 9.17) is 4.74 Å². The van der Waals surface area contributed by atoms with E-state index in [9.17, 15) is 9.90 Å². The molecule has 2 N–H and O–H groups in total.